The number of anilines is 1. The second-order valence-electron chi connectivity index (χ2n) is 4.56. The standard InChI is InChI=1S/C16H16INOS/c1-11-8-13(17)9-12(2)16(11)18-15(19)10-20-14-6-4-3-5-7-14/h3-9H,10H2,1-2H3,(H,18,19). The highest BCUT2D eigenvalue weighted by atomic mass is 127. The summed E-state index contributed by atoms with van der Waals surface area (Å²) in [6, 6.07) is 14.1. The molecular formula is C16H16INOS. The molecule has 4 heteroatoms. The number of amides is 1. The molecule has 1 N–H and O–H groups in total. The number of nitrogens with one attached hydrogen (secondary N) is 1. The SMILES string of the molecule is Cc1cc(I)cc(C)c1NC(=O)CSc1ccccc1. The van der Waals surface area contributed by atoms with Gasteiger partial charge in [-0.25, -0.2) is 0 Å². The summed E-state index contributed by atoms with van der Waals surface area (Å²) in [5.74, 6) is 0.459. The van der Waals surface area contributed by atoms with Crippen LogP contribution in [-0.4, -0.2) is 11.7 Å². The summed E-state index contributed by atoms with van der Waals surface area (Å²) in [6.45, 7) is 4.05. The summed E-state index contributed by atoms with van der Waals surface area (Å²) in [5, 5.41) is 3.01. The van der Waals surface area contributed by atoms with Gasteiger partial charge in [-0.15, -0.1) is 11.8 Å². The number of hydrogen-bond acceptors (Lipinski definition) is 2. The van der Waals surface area contributed by atoms with Crippen molar-refractivity contribution in [3.63, 3.8) is 0 Å². The summed E-state index contributed by atoms with van der Waals surface area (Å²) in [7, 11) is 0. The summed E-state index contributed by atoms with van der Waals surface area (Å²) in [5.41, 5.74) is 3.14. The summed E-state index contributed by atoms with van der Waals surface area (Å²) < 4.78 is 1.19. The zero-order valence-electron chi connectivity index (χ0n) is 11.4. The van der Waals surface area contributed by atoms with E-state index in [0.29, 0.717) is 5.75 Å². The minimum absolute atomic E-state index is 0.0336. The Hall–Kier alpha value is -1.01. The van der Waals surface area contributed by atoms with Gasteiger partial charge in [0.15, 0.2) is 0 Å². The smallest absolute Gasteiger partial charge is 0.234 e. The largest absolute Gasteiger partial charge is 0.325 e. The van der Waals surface area contributed by atoms with Crippen LogP contribution in [-0.2, 0) is 4.79 Å². The van der Waals surface area contributed by atoms with Crippen molar-refractivity contribution in [3.05, 3.63) is 57.2 Å². The summed E-state index contributed by atoms with van der Waals surface area (Å²) >= 11 is 3.84. The molecule has 0 bridgehead atoms. The average molecular weight is 397 g/mol. The van der Waals surface area contributed by atoms with Crippen LogP contribution in [0.5, 0.6) is 0 Å². The zero-order valence-corrected chi connectivity index (χ0v) is 14.4. The van der Waals surface area contributed by atoms with Gasteiger partial charge in [0.1, 0.15) is 0 Å². The molecule has 0 atom stereocenters. The van der Waals surface area contributed by atoms with Crippen molar-refractivity contribution in [1.29, 1.82) is 0 Å². The minimum atomic E-state index is 0.0336. The molecular weight excluding hydrogens is 381 g/mol. The van der Waals surface area contributed by atoms with E-state index in [1.165, 1.54) is 3.57 Å². The van der Waals surface area contributed by atoms with Crippen molar-refractivity contribution < 1.29 is 4.79 Å². The fraction of sp³-hybridized carbons (Fsp3) is 0.188. The van der Waals surface area contributed by atoms with Crippen LogP contribution in [0.4, 0.5) is 5.69 Å². The third-order valence-corrected chi connectivity index (χ3v) is 4.51. The normalized spacial score (nSPS) is 10.3. The molecule has 0 aromatic heterocycles. The van der Waals surface area contributed by atoms with E-state index in [4.69, 9.17) is 0 Å². The van der Waals surface area contributed by atoms with Gasteiger partial charge in [0, 0.05) is 14.2 Å². The highest BCUT2D eigenvalue weighted by Gasteiger charge is 2.09. The molecule has 0 aliphatic heterocycles. The summed E-state index contributed by atoms with van der Waals surface area (Å²) in [4.78, 5) is 13.2. The maximum atomic E-state index is 12.0. The van der Waals surface area contributed by atoms with Crippen LogP contribution >= 0.6 is 34.4 Å². The van der Waals surface area contributed by atoms with E-state index in [2.05, 4.69) is 40.0 Å². The molecule has 2 nitrogen and oxygen atoms in total. The Morgan fingerprint density at radius 3 is 2.35 bits per heavy atom. The van der Waals surface area contributed by atoms with Crippen LogP contribution in [0.3, 0.4) is 0 Å². The third-order valence-electron chi connectivity index (χ3n) is 2.88. The Balaban J connectivity index is 1.98. The molecule has 0 fully saturated rings. The topological polar surface area (TPSA) is 29.1 Å². The molecule has 2 rings (SSSR count). The lowest BCUT2D eigenvalue weighted by Crippen LogP contribution is -2.15. The first-order chi connectivity index (χ1) is 9.56. The summed E-state index contributed by atoms with van der Waals surface area (Å²) in [6.07, 6.45) is 0. The van der Waals surface area contributed by atoms with E-state index in [1.807, 2.05) is 44.2 Å². The molecule has 0 saturated heterocycles. The first-order valence-electron chi connectivity index (χ1n) is 6.30. The third kappa shape index (κ3) is 4.24. The molecule has 2 aromatic rings. The Labute approximate surface area is 137 Å². The number of carbonyl (C=O) groups excluding carboxylic acids is 1. The van der Waals surface area contributed by atoms with Crippen LogP contribution in [0.1, 0.15) is 11.1 Å². The van der Waals surface area contributed by atoms with Gasteiger partial charge in [-0.05, 0) is 71.8 Å². The predicted molar refractivity (Wildman–Crippen MR) is 94.4 cm³/mol. The maximum absolute atomic E-state index is 12.0. The molecule has 104 valence electrons. The molecule has 20 heavy (non-hydrogen) atoms. The van der Waals surface area contributed by atoms with Crippen molar-refractivity contribution in [2.45, 2.75) is 18.7 Å². The average Bonchev–Trinajstić information content (AvgIpc) is 2.42. The first-order valence-corrected chi connectivity index (χ1v) is 8.37. The fourth-order valence-corrected chi connectivity index (χ4v) is 3.60. The number of carbonyl (C=O) groups is 1. The Kier molecular flexibility index (Phi) is 5.48. The Morgan fingerprint density at radius 2 is 1.75 bits per heavy atom. The second kappa shape index (κ2) is 7.13. The molecule has 0 aliphatic rings. The number of halogens is 1. The van der Waals surface area contributed by atoms with Crippen LogP contribution in [0.15, 0.2) is 47.4 Å². The van der Waals surface area contributed by atoms with Crippen molar-refractivity contribution >= 4 is 45.9 Å². The Bertz CT molecular complexity index is 590. The fourth-order valence-electron chi connectivity index (χ4n) is 1.95. The number of hydrogen-bond donors (Lipinski definition) is 1. The van der Waals surface area contributed by atoms with Gasteiger partial charge in [0.25, 0.3) is 0 Å². The van der Waals surface area contributed by atoms with E-state index in [9.17, 15) is 4.79 Å². The van der Waals surface area contributed by atoms with Gasteiger partial charge in [0.05, 0.1) is 5.75 Å². The van der Waals surface area contributed by atoms with Crippen molar-refractivity contribution in [2.24, 2.45) is 0 Å². The first kappa shape index (κ1) is 15.4. The van der Waals surface area contributed by atoms with Gasteiger partial charge >= 0.3 is 0 Å². The van der Waals surface area contributed by atoms with Crippen LogP contribution in [0.25, 0.3) is 0 Å². The number of benzene rings is 2. The predicted octanol–water partition coefficient (Wildman–Crippen LogP) is 4.64. The Morgan fingerprint density at radius 1 is 1.15 bits per heavy atom. The molecule has 1 amide bonds. The van der Waals surface area contributed by atoms with E-state index >= 15 is 0 Å². The lowest BCUT2D eigenvalue weighted by Gasteiger charge is -2.12. The second-order valence-corrected chi connectivity index (χ2v) is 6.86. The molecule has 0 radical (unpaired) electrons. The quantitative estimate of drug-likeness (QED) is 0.602. The molecule has 0 spiro atoms. The van der Waals surface area contributed by atoms with Crippen molar-refractivity contribution in [3.8, 4) is 0 Å². The lowest BCUT2D eigenvalue weighted by molar-refractivity contribution is -0.113. The van der Waals surface area contributed by atoms with Crippen molar-refractivity contribution in [2.75, 3.05) is 11.1 Å². The maximum Gasteiger partial charge on any atom is 0.234 e. The van der Waals surface area contributed by atoms with E-state index in [-0.39, 0.29) is 5.91 Å². The number of rotatable bonds is 4. The van der Waals surface area contributed by atoms with Gasteiger partial charge in [-0.2, -0.15) is 0 Å². The monoisotopic (exact) mass is 397 g/mol. The highest BCUT2D eigenvalue weighted by molar-refractivity contribution is 14.1. The van der Waals surface area contributed by atoms with E-state index < -0.39 is 0 Å². The van der Waals surface area contributed by atoms with Gasteiger partial charge in [0.2, 0.25) is 5.91 Å². The van der Waals surface area contributed by atoms with Crippen LogP contribution in [0.2, 0.25) is 0 Å². The molecule has 0 aliphatic carbocycles. The van der Waals surface area contributed by atoms with Crippen LogP contribution in [0, 0.1) is 17.4 Å². The van der Waals surface area contributed by atoms with Gasteiger partial charge in [-0.3, -0.25) is 4.79 Å². The van der Waals surface area contributed by atoms with Crippen LogP contribution < -0.4 is 5.32 Å². The highest BCUT2D eigenvalue weighted by Crippen LogP contribution is 2.24. The van der Waals surface area contributed by atoms with Gasteiger partial charge < -0.3 is 5.32 Å². The molecule has 0 saturated carbocycles. The van der Waals surface area contributed by atoms with E-state index in [0.717, 1.165) is 21.7 Å². The molecule has 2 aromatic carbocycles. The lowest BCUT2D eigenvalue weighted by atomic mass is 10.1. The number of aryl methyl sites for hydroxylation is 2. The molecule has 0 heterocycles. The zero-order chi connectivity index (χ0) is 14.5. The van der Waals surface area contributed by atoms with Crippen molar-refractivity contribution in [1.82, 2.24) is 0 Å². The van der Waals surface area contributed by atoms with E-state index in [1.54, 1.807) is 11.8 Å². The molecule has 0 unspecified atom stereocenters. The minimum Gasteiger partial charge on any atom is -0.325 e. The number of thioether (sulfide) groups is 1. The van der Waals surface area contributed by atoms with Gasteiger partial charge in [-0.1, -0.05) is 18.2 Å².